The van der Waals surface area contributed by atoms with Gasteiger partial charge in [0.05, 0.1) is 13.1 Å². The zero-order valence-electron chi connectivity index (χ0n) is 22.9. The molecule has 6 nitrogen and oxygen atoms in total. The summed E-state index contributed by atoms with van der Waals surface area (Å²) in [6, 6.07) is 20.2. The Hall–Kier alpha value is -4.34. The Bertz CT molecular complexity index is 1580. The highest BCUT2D eigenvalue weighted by atomic mass is 19.2. The van der Waals surface area contributed by atoms with Crippen LogP contribution in [0.3, 0.4) is 0 Å². The van der Waals surface area contributed by atoms with Crippen LogP contribution in [0.2, 0.25) is 0 Å². The third kappa shape index (κ3) is 6.27. The molecule has 2 aliphatic heterocycles. The first-order chi connectivity index (χ1) is 20.4. The number of quaternary nitrogens is 2. The van der Waals surface area contributed by atoms with E-state index in [2.05, 4.69) is 16.0 Å². The van der Waals surface area contributed by atoms with Crippen molar-refractivity contribution in [3.8, 4) is 33.8 Å². The monoisotopic (exact) mass is 575 g/mol. The average molecular weight is 576 g/mol. The second kappa shape index (κ2) is 12.3. The van der Waals surface area contributed by atoms with E-state index in [1.54, 1.807) is 36.4 Å². The minimum Gasteiger partial charge on any atom is -0.484 e. The second-order valence-electron chi connectivity index (χ2n) is 10.7. The second-order valence-corrected chi connectivity index (χ2v) is 10.7. The van der Waals surface area contributed by atoms with E-state index in [1.165, 1.54) is 18.2 Å². The number of carbonyl (C=O) groups excluding carboxylic acids is 1. The third-order valence-electron chi connectivity index (χ3n) is 7.70. The maximum absolute atomic E-state index is 14.2. The first-order valence-electron chi connectivity index (χ1n) is 14.2. The quantitative estimate of drug-likeness (QED) is 0.296. The largest absolute Gasteiger partial charge is 0.484 e. The Morgan fingerprint density at radius 3 is 1.93 bits per heavy atom. The number of hydrogen-bond donors (Lipinski definition) is 3. The molecule has 2 fully saturated rings. The van der Waals surface area contributed by atoms with Crippen molar-refractivity contribution in [2.24, 2.45) is 0 Å². The third-order valence-corrected chi connectivity index (χ3v) is 7.70. The van der Waals surface area contributed by atoms with Crippen LogP contribution in [-0.2, 0) is 0 Å². The molecule has 5 N–H and O–H groups in total. The topological polar surface area (TPSA) is 80.8 Å². The average Bonchev–Trinajstić information content (AvgIpc) is 3.71. The van der Waals surface area contributed by atoms with Gasteiger partial charge in [-0.25, -0.2) is 13.2 Å². The lowest BCUT2D eigenvalue weighted by molar-refractivity contribution is -0.638. The molecule has 0 aliphatic carbocycles. The van der Waals surface area contributed by atoms with E-state index in [9.17, 15) is 18.0 Å². The molecular weight excluding hydrogens is 543 g/mol. The van der Waals surface area contributed by atoms with E-state index in [0.29, 0.717) is 33.9 Å². The minimum absolute atomic E-state index is 0.0125. The lowest BCUT2D eigenvalue weighted by Crippen LogP contribution is -2.81. The number of carbonyl (C=O) groups is 1. The summed E-state index contributed by atoms with van der Waals surface area (Å²) in [5, 5.41) is 7.30. The normalized spacial score (nSPS) is 18.2. The number of hydrogen-bond acceptors (Lipinski definition) is 3. The summed E-state index contributed by atoms with van der Waals surface area (Å²) in [6.45, 7) is 3.61. The molecule has 2 heterocycles. The summed E-state index contributed by atoms with van der Waals surface area (Å²) in [5.74, 6) is -1.49. The van der Waals surface area contributed by atoms with Crippen molar-refractivity contribution >= 4 is 11.6 Å². The van der Waals surface area contributed by atoms with Crippen LogP contribution in [0.15, 0.2) is 78.9 Å². The SMILES string of the molecule is O=C(Nc1ccc(O[C@H]2CC[NH2+]C2)c(-c2ccc(F)cc2)c1)c1ccc(O[C@H]2CC[NH2+]C2)c(-c2ccc(F)c(F)c2)c1. The van der Waals surface area contributed by atoms with Gasteiger partial charge in [0.2, 0.25) is 0 Å². The number of rotatable bonds is 8. The highest BCUT2D eigenvalue weighted by Gasteiger charge is 2.24. The van der Waals surface area contributed by atoms with Gasteiger partial charge >= 0.3 is 0 Å². The molecule has 0 radical (unpaired) electrons. The molecule has 1 amide bonds. The van der Waals surface area contributed by atoms with Gasteiger partial charge in [0.1, 0.15) is 30.4 Å². The maximum atomic E-state index is 14.2. The number of ether oxygens (including phenoxy) is 2. The van der Waals surface area contributed by atoms with Crippen LogP contribution >= 0.6 is 0 Å². The van der Waals surface area contributed by atoms with Crippen molar-refractivity contribution in [3.05, 3.63) is 102 Å². The molecule has 42 heavy (non-hydrogen) atoms. The molecular formula is C33H32F3N3O3+2. The molecule has 4 aromatic rings. The summed E-state index contributed by atoms with van der Waals surface area (Å²) < 4.78 is 54.0. The lowest BCUT2D eigenvalue weighted by atomic mass is 10.0. The predicted molar refractivity (Wildman–Crippen MR) is 153 cm³/mol. The van der Waals surface area contributed by atoms with Gasteiger partial charge in [0, 0.05) is 35.2 Å². The van der Waals surface area contributed by atoms with Crippen LogP contribution in [0.5, 0.6) is 11.5 Å². The van der Waals surface area contributed by atoms with Crippen molar-refractivity contribution in [2.45, 2.75) is 25.0 Å². The number of benzene rings is 4. The van der Waals surface area contributed by atoms with Crippen molar-refractivity contribution in [3.63, 3.8) is 0 Å². The fourth-order valence-corrected chi connectivity index (χ4v) is 5.46. The lowest BCUT2D eigenvalue weighted by Gasteiger charge is -2.18. The zero-order valence-corrected chi connectivity index (χ0v) is 22.9. The molecule has 0 saturated carbocycles. The number of amides is 1. The first-order valence-corrected chi connectivity index (χ1v) is 14.2. The van der Waals surface area contributed by atoms with Crippen LogP contribution in [0.4, 0.5) is 18.9 Å². The van der Waals surface area contributed by atoms with Crippen LogP contribution in [0.1, 0.15) is 23.2 Å². The Balaban J connectivity index is 1.30. The number of halogens is 3. The number of anilines is 1. The Morgan fingerprint density at radius 2 is 1.31 bits per heavy atom. The van der Waals surface area contributed by atoms with E-state index >= 15 is 0 Å². The molecule has 9 heteroatoms. The Morgan fingerprint density at radius 1 is 0.690 bits per heavy atom. The highest BCUT2D eigenvalue weighted by molar-refractivity contribution is 6.05. The standard InChI is InChI=1S/C33H30F3N3O3/c34-23-5-1-20(2-6-23)28-17-24(7-10-32(28)42-26-12-14-38-19-26)39-33(40)22-4-9-31(41-25-11-13-37-18-25)27(15-22)21-3-8-29(35)30(36)16-21/h1-10,15-17,25-26,37-38H,11-14,18-19H2,(H,39,40)/p+2/t25-,26-/m0/s1. The molecule has 0 unspecified atom stereocenters. The molecule has 0 aromatic heterocycles. The molecule has 0 bridgehead atoms. The van der Waals surface area contributed by atoms with Gasteiger partial charge in [-0.3, -0.25) is 4.79 Å². The van der Waals surface area contributed by atoms with E-state index in [1.807, 2.05) is 12.1 Å². The van der Waals surface area contributed by atoms with Crippen LogP contribution in [-0.4, -0.2) is 44.3 Å². The van der Waals surface area contributed by atoms with Crippen LogP contribution in [0.25, 0.3) is 22.3 Å². The fraction of sp³-hybridized carbons (Fsp3) is 0.242. The Labute approximate surface area is 241 Å². The molecule has 2 aliphatic rings. The summed E-state index contributed by atoms with van der Waals surface area (Å²) in [6.07, 6.45) is 1.86. The minimum atomic E-state index is -0.978. The molecule has 6 rings (SSSR count). The molecule has 2 saturated heterocycles. The van der Waals surface area contributed by atoms with E-state index in [-0.39, 0.29) is 23.9 Å². The molecule has 4 aromatic carbocycles. The van der Waals surface area contributed by atoms with Crippen LogP contribution < -0.4 is 25.4 Å². The summed E-state index contributed by atoms with van der Waals surface area (Å²) in [4.78, 5) is 13.5. The summed E-state index contributed by atoms with van der Waals surface area (Å²) in [5.41, 5.74) is 3.25. The number of nitrogens with one attached hydrogen (secondary N) is 1. The van der Waals surface area contributed by atoms with E-state index < -0.39 is 11.6 Å². The number of nitrogens with two attached hydrogens (primary N) is 2. The van der Waals surface area contributed by atoms with Crippen molar-refractivity contribution in [1.29, 1.82) is 0 Å². The Kier molecular flexibility index (Phi) is 8.12. The van der Waals surface area contributed by atoms with Gasteiger partial charge in [0.15, 0.2) is 23.8 Å². The van der Waals surface area contributed by atoms with Crippen molar-refractivity contribution < 1.29 is 38.1 Å². The van der Waals surface area contributed by atoms with E-state index in [0.717, 1.165) is 62.3 Å². The zero-order chi connectivity index (χ0) is 29.1. The highest BCUT2D eigenvalue weighted by Crippen LogP contribution is 2.36. The summed E-state index contributed by atoms with van der Waals surface area (Å²) in [7, 11) is 0. The van der Waals surface area contributed by atoms with Crippen molar-refractivity contribution in [2.75, 3.05) is 31.5 Å². The van der Waals surface area contributed by atoms with Gasteiger partial charge in [-0.1, -0.05) is 18.2 Å². The molecule has 2 atom stereocenters. The predicted octanol–water partition coefficient (Wildman–Crippen LogP) is 4.12. The fourth-order valence-electron chi connectivity index (χ4n) is 5.46. The van der Waals surface area contributed by atoms with Gasteiger partial charge in [0.25, 0.3) is 5.91 Å². The van der Waals surface area contributed by atoms with Gasteiger partial charge in [-0.05, 0) is 71.8 Å². The van der Waals surface area contributed by atoms with E-state index in [4.69, 9.17) is 9.47 Å². The molecule has 0 spiro atoms. The van der Waals surface area contributed by atoms with Crippen molar-refractivity contribution in [1.82, 2.24) is 0 Å². The summed E-state index contributed by atoms with van der Waals surface area (Å²) >= 11 is 0. The first kappa shape index (κ1) is 27.8. The van der Waals surface area contributed by atoms with Gasteiger partial charge in [-0.2, -0.15) is 0 Å². The smallest absolute Gasteiger partial charge is 0.255 e. The van der Waals surface area contributed by atoms with Gasteiger partial charge in [-0.15, -0.1) is 0 Å². The van der Waals surface area contributed by atoms with Gasteiger partial charge < -0.3 is 25.4 Å². The molecule has 216 valence electrons. The maximum Gasteiger partial charge on any atom is 0.255 e. The van der Waals surface area contributed by atoms with Crippen LogP contribution in [0, 0.1) is 17.5 Å².